The van der Waals surface area contributed by atoms with E-state index in [1.807, 2.05) is 24.3 Å². The molecule has 1 aromatic carbocycles. The van der Waals surface area contributed by atoms with E-state index < -0.39 is 24.0 Å². The molecular weight excluding hydrogens is 306 g/mol. The largest absolute Gasteiger partial charge is 0.480 e. The third-order valence-corrected chi connectivity index (χ3v) is 3.84. The van der Waals surface area contributed by atoms with Crippen LogP contribution < -0.4 is 5.32 Å². The summed E-state index contributed by atoms with van der Waals surface area (Å²) in [5, 5.41) is 11.9. The molecule has 24 heavy (non-hydrogen) atoms. The number of carboxylic acid groups (broad SMARTS) is 1. The van der Waals surface area contributed by atoms with Crippen LogP contribution in [0.25, 0.3) is 0 Å². The fourth-order valence-electron chi connectivity index (χ4n) is 2.52. The quantitative estimate of drug-likeness (QED) is 0.454. The van der Waals surface area contributed by atoms with Gasteiger partial charge in [0.2, 0.25) is 0 Å². The van der Waals surface area contributed by atoms with Crippen LogP contribution in [-0.2, 0) is 14.3 Å². The number of hydrogen-bond donors (Lipinski definition) is 2. The zero-order valence-corrected chi connectivity index (χ0v) is 14.2. The highest BCUT2D eigenvalue weighted by Crippen LogP contribution is 2.17. The summed E-state index contributed by atoms with van der Waals surface area (Å²) in [5.41, 5.74) is 0.700. The highest BCUT2D eigenvalue weighted by atomic mass is 16.5. The molecule has 0 aliphatic heterocycles. The summed E-state index contributed by atoms with van der Waals surface area (Å²) in [6.45, 7) is 3.68. The second kappa shape index (κ2) is 11.4. The Morgan fingerprint density at radius 1 is 1.21 bits per heavy atom. The van der Waals surface area contributed by atoms with Gasteiger partial charge in [0.15, 0.2) is 6.10 Å². The molecule has 5 heteroatoms. The Balaban J connectivity index is 2.52. The van der Waals surface area contributed by atoms with Crippen LogP contribution >= 0.6 is 0 Å². The molecule has 0 aliphatic carbocycles. The lowest BCUT2D eigenvalue weighted by Gasteiger charge is -2.19. The Hall–Kier alpha value is -2.14. The number of benzene rings is 1. The minimum atomic E-state index is -1.02. The van der Waals surface area contributed by atoms with E-state index in [0.717, 1.165) is 32.1 Å². The first kappa shape index (κ1) is 19.9. The van der Waals surface area contributed by atoms with Crippen LogP contribution in [-0.4, -0.2) is 30.1 Å². The lowest BCUT2D eigenvalue weighted by atomic mass is 10.0. The van der Waals surface area contributed by atoms with Crippen molar-refractivity contribution < 1.29 is 19.4 Å². The Bertz CT molecular complexity index is 515. The van der Waals surface area contributed by atoms with Crippen LogP contribution in [0.4, 0.5) is 0 Å². The number of carbonyl (C=O) groups is 2. The van der Waals surface area contributed by atoms with Crippen LogP contribution in [0.3, 0.4) is 0 Å². The van der Waals surface area contributed by atoms with Crippen molar-refractivity contribution >= 4 is 11.9 Å². The molecule has 0 unspecified atom stereocenters. The third-order valence-electron chi connectivity index (χ3n) is 3.84. The van der Waals surface area contributed by atoms with Gasteiger partial charge in [-0.1, -0.05) is 55.7 Å². The maximum atomic E-state index is 12.4. The molecule has 0 saturated heterocycles. The molecule has 0 heterocycles. The van der Waals surface area contributed by atoms with Crippen LogP contribution in [0.5, 0.6) is 0 Å². The molecule has 0 bridgehead atoms. The zero-order valence-electron chi connectivity index (χ0n) is 14.2. The van der Waals surface area contributed by atoms with Gasteiger partial charge in [-0.2, -0.15) is 0 Å². The third kappa shape index (κ3) is 6.96. The number of unbranched alkanes of at least 4 members (excludes halogenated alkanes) is 4. The second-order valence-electron chi connectivity index (χ2n) is 5.71. The molecule has 0 radical (unpaired) electrons. The van der Waals surface area contributed by atoms with Crippen LogP contribution in [0, 0.1) is 0 Å². The maximum absolute atomic E-state index is 12.4. The van der Waals surface area contributed by atoms with Crippen molar-refractivity contribution in [3.8, 4) is 0 Å². The van der Waals surface area contributed by atoms with Crippen molar-refractivity contribution in [3.63, 3.8) is 0 Å². The molecule has 0 spiro atoms. The van der Waals surface area contributed by atoms with Gasteiger partial charge >= 0.3 is 5.97 Å². The Morgan fingerprint density at radius 3 is 2.46 bits per heavy atom. The average molecular weight is 333 g/mol. The van der Waals surface area contributed by atoms with Gasteiger partial charge in [-0.3, -0.25) is 4.79 Å². The first-order valence-electron chi connectivity index (χ1n) is 8.32. The van der Waals surface area contributed by atoms with Crippen LogP contribution in [0.1, 0.15) is 50.2 Å². The van der Waals surface area contributed by atoms with Crippen molar-refractivity contribution in [2.75, 3.05) is 7.11 Å². The van der Waals surface area contributed by atoms with Crippen molar-refractivity contribution in [1.29, 1.82) is 0 Å². The van der Waals surface area contributed by atoms with Gasteiger partial charge in [0.25, 0.3) is 5.91 Å². The smallest absolute Gasteiger partial charge is 0.326 e. The van der Waals surface area contributed by atoms with E-state index in [2.05, 4.69) is 11.9 Å². The lowest BCUT2D eigenvalue weighted by molar-refractivity contribution is -0.144. The predicted molar refractivity (Wildman–Crippen MR) is 93.7 cm³/mol. The number of carboxylic acids is 1. The molecule has 1 rings (SSSR count). The SMILES string of the molecule is C=CCCCCCC[C@H](NC(=O)[C@H](OC)c1ccccc1)C(=O)O. The van der Waals surface area contributed by atoms with Gasteiger partial charge in [0.1, 0.15) is 6.04 Å². The van der Waals surface area contributed by atoms with E-state index in [0.29, 0.717) is 12.0 Å². The number of amides is 1. The number of allylic oxidation sites excluding steroid dienone is 1. The minimum Gasteiger partial charge on any atom is -0.480 e. The Kier molecular flexibility index (Phi) is 9.46. The molecule has 0 fully saturated rings. The lowest BCUT2D eigenvalue weighted by Crippen LogP contribution is -2.43. The zero-order chi connectivity index (χ0) is 17.8. The molecule has 1 amide bonds. The van der Waals surface area contributed by atoms with Gasteiger partial charge in [-0.15, -0.1) is 6.58 Å². The first-order valence-corrected chi connectivity index (χ1v) is 8.32. The average Bonchev–Trinajstić information content (AvgIpc) is 2.58. The van der Waals surface area contributed by atoms with Gasteiger partial charge in [0.05, 0.1) is 0 Å². The fourth-order valence-corrected chi connectivity index (χ4v) is 2.52. The van der Waals surface area contributed by atoms with Gasteiger partial charge in [-0.25, -0.2) is 4.79 Å². The molecular formula is C19H27NO4. The number of carbonyl (C=O) groups excluding carboxylic acids is 1. The Morgan fingerprint density at radius 2 is 1.88 bits per heavy atom. The second-order valence-corrected chi connectivity index (χ2v) is 5.71. The van der Waals surface area contributed by atoms with E-state index in [1.165, 1.54) is 7.11 Å². The standard InChI is InChI=1S/C19H27NO4/c1-3-4-5-6-7-11-14-16(19(22)23)20-18(21)17(24-2)15-12-9-8-10-13-15/h3,8-10,12-13,16-17H,1,4-7,11,14H2,2H3,(H,20,21)(H,22,23)/t16-,17+/m0/s1. The highest BCUT2D eigenvalue weighted by Gasteiger charge is 2.25. The Labute approximate surface area is 143 Å². The summed E-state index contributed by atoms with van der Waals surface area (Å²) in [5.74, 6) is -1.44. The number of rotatable bonds is 12. The normalized spacial score (nSPS) is 13.0. The number of hydrogen-bond acceptors (Lipinski definition) is 3. The van der Waals surface area contributed by atoms with E-state index in [9.17, 15) is 14.7 Å². The van der Waals surface area contributed by atoms with Crippen LogP contribution in [0.15, 0.2) is 43.0 Å². The molecule has 0 aliphatic rings. The van der Waals surface area contributed by atoms with Crippen molar-refractivity contribution in [3.05, 3.63) is 48.6 Å². The van der Waals surface area contributed by atoms with Crippen molar-refractivity contribution in [2.45, 2.75) is 50.7 Å². The molecule has 132 valence electrons. The van der Waals surface area contributed by atoms with E-state index >= 15 is 0 Å². The number of aliphatic carboxylic acids is 1. The molecule has 2 N–H and O–H groups in total. The van der Waals surface area contributed by atoms with E-state index in [4.69, 9.17) is 4.74 Å². The summed E-state index contributed by atoms with van der Waals surface area (Å²) in [7, 11) is 1.44. The van der Waals surface area contributed by atoms with Crippen molar-refractivity contribution in [1.82, 2.24) is 5.32 Å². The molecule has 0 aromatic heterocycles. The molecule has 0 saturated carbocycles. The van der Waals surface area contributed by atoms with Gasteiger partial charge in [0, 0.05) is 7.11 Å². The summed E-state index contributed by atoms with van der Waals surface area (Å²) in [4.78, 5) is 23.7. The highest BCUT2D eigenvalue weighted by molar-refractivity contribution is 5.87. The summed E-state index contributed by atoms with van der Waals surface area (Å²) in [6, 6.07) is 8.14. The van der Waals surface area contributed by atoms with Crippen molar-refractivity contribution in [2.24, 2.45) is 0 Å². The first-order chi connectivity index (χ1) is 11.6. The predicted octanol–water partition coefficient (Wildman–Crippen LogP) is 3.47. The molecule has 5 nitrogen and oxygen atoms in total. The van der Waals surface area contributed by atoms with Gasteiger partial charge in [-0.05, 0) is 24.8 Å². The molecule has 2 atom stereocenters. The number of nitrogens with one attached hydrogen (secondary N) is 1. The fraction of sp³-hybridized carbons (Fsp3) is 0.474. The van der Waals surface area contributed by atoms with E-state index in [1.54, 1.807) is 12.1 Å². The number of methoxy groups -OCH3 is 1. The van der Waals surface area contributed by atoms with Gasteiger partial charge < -0.3 is 15.2 Å². The minimum absolute atomic E-state index is 0.417. The maximum Gasteiger partial charge on any atom is 0.326 e. The van der Waals surface area contributed by atoms with Crippen LogP contribution in [0.2, 0.25) is 0 Å². The number of ether oxygens (including phenoxy) is 1. The topological polar surface area (TPSA) is 75.6 Å². The summed E-state index contributed by atoms with van der Waals surface area (Å²) in [6.07, 6.45) is 6.28. The monoisotopic (exact) mass is 333 g/mol. The summed E-state index contributed by atoms with van der Waals surface area (Å²) < 4.78 is 5.23. The molecule has 1 aromatic rings. The summed E-state index contributed by atoms with van der Waals surface area (Å²) >= 11 is 0. The van der Waals surface area contributed by atoms with E-state index in [-0.39, 0.29) is 0 Å².